The van der Waals surface area contributed by atoms with E-state index in [0.29, 0.717) is 26.8 Å². The molecule has 1 heterocycles. The third-order valence-corrected chi connectivity index (χ3v) is 4.93. The molecule has 1 aromatic heterocycles. The molecule has 3 rings (SSSR count). The van der Waals surface area contributed by atoms with Crippen molar-refractivity contribution >= 4 is 38.3 Å². The minimum Gasteiger partial charge on any atom is -0.493 e. The summed E-state index contributed by atoms with van der Waals surface area (Å²) in [5, 5.41) is 4.86. The van der Waals surface area contributed by atoms with Crippen LogP contribution in [0.4, 0.5) is 9.52 Å². The molecule has 0 fully saturated rings. The summed E-state index contributed by atoms with van der Waals surface area (Å²) in [6.07, 6.45) is 0. The van der Waals surface area contributed by atoms with Gasteiger partial charge in [-0.3, -0.25) is 10.1 Å². The van der Waals surface area contributed by atoms with E-state index in [1.807, 2.05) is 11.4 Å². The Labute approximate surface area is 173 Å². The molecule has 0 bridgehead atoms. The highest BCUT2D eigenvalue weighted by Gasteiger charge is 2.12. The molecule has 6 nitrogen and oxygen atoms in total. The van der Waals surface area contributed by atoms with Gasteiger partial charge in [-0.1, -0.05) is 15.9 Å². The normalized spacial score (nSPS) is 10.4. The van der Waals surface area contributed by atoms with Gasteiger partial charge in [-0.25, -0.2) is 9.37 Å². The van der Waals surface area contributed by atoms with E-state index in [1.165, 1.54) is 23.5 Å². The molecule has 0 aliphatic carbocycles. The molecule has 9 heteroatoms. The number of benzene rings is 2. The van der Waals surface area contributed by atoms with Crippen LogP contribution in [0, 0.1) is 5.82 Å². The number of thiazole rings is 1. The average molecular weight is 467 g/mol. The number of methoxy groups -OCH3 is 2. The van der Waals surface area contributed by atoms with Crippen molar-refractivity contribution in [2.45, 2.75) is 0 Å². The number of aromatic nitrogens is 1. The fraction of sp³-hybridized carbons (Fsp3) is 0.158. The second kappa shape index (κ2) is 9.03. The molecule has 0 saturated carbocycles. The first kappa shape index (κ1) is 20.1. The summed E-state index contributed by atoms with van der Waals surface area (Å²) >= 11 is 4.43. The summed E-state index contributed by atoms with van der Waals surface area (Å²) in [6.45, 7) is -0.330. The second-order valence-electron chi connectivity index (χ2n) is 5.52. The summed E-state index contributed by atoms with van der Waals surface area (Å²) in [4.78, 5) is 16.4. The predicted octanol–water partition coefficient (Wildman–Crippen LogP) is 4.75. The summed E-state index contributed by atoms with van der Waals surface area (Å²) in [5.41, 5.74) is 1.50. The lowest BCUT2D eigenvalue weighted by Crippen LogP contribution is -2.20. The molecular formula is C19H16BrFN2O4S. The van der Waals surface area contributed by atoms with Crippen LogP contribution in [0.5, 0.6) is 17.2 Å². The lowest BCUT2D eigenvalue weighted by atomic mass is 10.1. The number of halogens is 2. The Morgan fingerprint density at radius 1 is 1.14 bits per heavy atom. The largest absolute Gasteiger partial charge is 0.493 e. The van der Waals surface area contributed by atoms with Crippen LogP contribution in [0.25, 0.3) is 11.3 Å². The van der Waals surface area contributed by atoms with E-state index in [2.05, 4.69) is 26.2 Å². The second-order valence-corrected chi connectivity index (χ2v) is 7.29. The first-order valence-electron chi connectivity index (χ1n) is 8.05. The first-order chi connectivity index (χ1) is 13.5. The van der Waals surface area contributed by atoms with Gasteiger partial charge in [-0.15, -0.1) is 11.3 Å². The van der Waals surface area contributed by atoms with Crippen LogP contribution < -0.4 is 19.5 Å². The highest BCUT2D eigenvalue weighted by atomic mass is 79.9. The van der Waals surface area contributed by atoms with Gasteiger partial charge in [0, 0.05) is 15.4 Å². The molecule has 3 aromatic rings. The number of nitrogens with one attached hydrogen (secondary N) is 1. The van der Waals surface area contributed by atoms with Gasteiger partial charge in [0.2, 0.25) is 0 Å². The Balaban J connectivity index is 1.63. The van der Waals surface area contributed by atoms with Crippen LogP contribution in [-0.2, 0) is 4.79 Å². The molecule has 146 valence electrons. The van der Waals surface area contributed by atoms with E-state index >= 15 is 0 Å². The van der Waals surface area contributed by atoms with Crippen molar-refractivity contribution in [1.29, 1.82) is 0 Å². The molecular weight excluding hydrogens is 451 g/mol. The molecule has 0 unspecified atom stereocenters. The van der Waals surface area contributed by atoms with Crippen LogP contribution in [-0.4, -0.2) is 31.7 Å². The zero-order chi connectivity index (χ0) is 20.1. The minimum absolute atomic E-state index is 0.00325. The standard InChI is InChI=1S/C19H16BrFN2O4S/c1-25-16-5-3-11(7-17(16)26-2)14-10-28-19(22-14)23-18(24)9-27-15-6-4-12(20)8-13(15)21/h3-8,10H,9H2,1-2H3,(H,22,23,24). The number of amides is 1. The molecule has 2 aromatic carbocycles. The molecule has 1 N–H and O–H groups in total. The van der Waals surface area contributed by atoms with E-state index in [0.717, 1.165) is 5.56 Å². The minimum atomic E-state index is -0.549. The monoisotopic (exact) mass is 466 g/mol. The molecule has 0 spiro atoms. The Hall–Kier alpha value is -2.65. The molecule has 1 amide bonds. The smallest absolute Gasteiger partial charge is 0.264 e. The van der Waals surface area contributed by atoms with E-state index in [-0.39, 0.29) is 12.4 Å². The number of hydrogen-bond acceptors (Lipinski definition) is 6. The van der Waals surface area contributed by atoms with Crippen molar-refractivity contribution in [3.05, 3.63) is 52.1 Å². The highest BCUT2D eigenvalue weighted by Crippen LogP contribution is 2.33. The fourth-order valence-corrected chi connectivity index (χ4v) is 3.42. The van der Waals surface area contributed by atoms with Crippen molar-refractivity contribution in [2.75, 3.05) is 26.1 Å². The van der Waals surface area contributed by atoms with Crippen LogP contribution in [0.2, 0.25) is 0 Å². The van der Waals surface area contributed by atoms with Crippen molar-refractivity contribution < 1.29 is 23.4 Å². The maximum atomic E-state index is 13.7. The van der Waals surface area contributed by atoms with Gasteiger partial charge in [0.1, 0.15) is 0 Å². The van der Waals surface area contributed by atoms with Crippen LogP contribution in [0.1, 0.15) is 0 Å². The zero-order valence-electron chi connectivity index (χ0n) is 15.0. The lowest BCUT2D eigenvalue weighted by Gasteiger charge is -2.08. The van der Waals surface area contributed by atoms with E-state index in [1.54, 1.807) is 32.4 Å². The maximum Gasteiger partial charge on any atom is 0.264 e. The van der Waals surface area contributed by atoms with Gasteiger partial charge >= 0.3 is 0 Å². The highest BCUT2D eigenvalue weighted by molar-refractivity contribution is 9.10. The molecule has 0 aliphatic heterocycles. The number of carbonyl (C=O) groups is 1. The fourth-order valence-electron chi connectivity index (χ4n) is 2.35. The molecule has 0 radical (unpaired) electrons. The van der Waals surface area contributed by atoms with Gasteiger partial charge in [0.05, 0.1) is 19.9 Å². The number of hydrogen-bond donors (Lipinski definition) is 1. The van der Waals surface area contributed by atoms with E-state index < -0.39 is 11.7 Å². The van der Waals surface area contributed by atoms with Gasteiger partial charge in [0.25, 0.3) is 5.91 Å². The quantitative estimate of drug-likeness (QED) is 0.544. The van der Waals surface area contributed by atoms with Crippen LogP contribution >= 0.6 is 27.3 Å². The molecule has 0 aliphatic rings. The van der Waals surface area contributed by atoms with Crippen molar-refractivity contribution in [1.82, 2.24) is 4.98 Å². The topological polar surface area (TPSA) is 69.7 Å². The van der Waals surface area contributed by atoms with Crippen LogP contribution in [0.3, 0.4) is 0 Å². The third kappa shape index (κ3) is 4.79. The Bertz CT molecular complexity index is 996. The summed E-state index contributed by atoms with van der Waals surface area (Å²) in [5.74, 6) is 0.224. The molecule has 28 heavy (non-hydrogen) atoms. The van der Waals surface area contributed by atoms with Crippen molar-refractivity contribution in [3.63, 3.8) is 0 Å². The first-order valence-corrected chi connectivity index (χ1v) is 9.73. The Morgan fingerprint density at radius 2 is 1.89 bits per heavy atom. The number of carbonyl (C=O) groups excluding carboxylic acids is 1. The number of ether oxygens (including phenoxy) is 3. The predicted molar refractivity (Wildman–Crippen MR) is 109 cm³/mol. The molecule has 0 atom stereocenters. The molecule has 0 saturated heterocycles. The summed E-state index contributed by atoms with van der Waals surface area (Å²) in [7, 11) is 3.12. The zero-order valence-corrected chi connectivity index (χ0v) is 17.4. The van der Waals surface area contributed by atoms with Gasteiger partial charge in [-0.05, 0) is 36.4 Å². The van der Waals surface area contributed by atoms with Gasteiger partial charge in [-0.2, -0.15) is 0 Å². The van der Waals surface area contributed by atoms with Crippen molar-refractivity contribution in [3.8, 4) is 28.5 Å². The Morgan fingerprint density at radius 3 is 2.61 bits per heavy atom. The maximum absolute atomic E-state index is 13.7. The third-order valence-electron chi connectivity index (χ3n) is 3.68. The van der Waals surface area contributed by atoms with Gasteiger partial charge < -0.3 is 14.2 Å². The Kier molecular flexibility index (Phi) is 6.48. The summed E-state index contributed by atoms with van der Waals surface area (Å²) < 4.78 is 30.0. The van der Waals surface area contributed by atoms with E-state index in [4.69, 9.17) is 14.2 Å². The average Bonchev–Trinajstić information content (AvgIpc) is 3.15. The van der Waals surface area contributed by atoms with E-state index in [9.17, 15) is 9.18 Å². The SMILES string of the molecule is COc1ccc(-c2csc(NC(=O)COc3ccc(Br)cc3F)n2)cc1OC. The van der Waals surface area contributed by atoms with Crippen molar-refractivity contribution in [2.24, 2.45) is 0 Å². The lowest BCUT2D eigenvalue weighted by molar-refractivity contribution is -0.118. The summed E-state index contributed by atoms with van der Waals surface area (Å²) in [6, 6.07) is 9.79. The number of rotatable bonds is 7. The number of anilines is 1. The number of nitrogens with zero attached hydrogens (tertiary/aromatic N) is 1. The van der Waals surface area contributed by atoms with Gasteiger partial charge in [0.15, 0.2) is 34.8 Å². The van der Waals surface area contributed by atoms with Crippen LogP contribution in [0.15, 0.2) is 46.3 Å².